The maximum absolute atomic E-state index is 12.5. The molecule has 2 aromatic heterocycles. The van der Waals surface area contributed by atoms with Crippen LogP contribution in [0.4, 0.5) is 5.13 Å². The summed E-state index contributed by atoms with van der Waals surface area (Å²) in [6.07, 6.45) is 1.63. The quantitative estimate of drug-likeness (QED) is 0.503. The van der Waals surface area contributed by atoms with E-state index in [9.17, 15) is 9.59 Å². The third-order valence-corrected chi connectivity index (χ3v) is 6.13. The molecule has 0 radical (unpaired) electrons. The molecular formula is C17H17BrN6O2S2. The molecule has 0 spiro atoms. The van der Waals surface area contributed by atoms with Crippen molar-refractivity contribution in [2.24, 2.45) is 7.05 Å². The van der Waals surface area contributed by atoms with Crippen molar-refractivity contribution in [1.82, 2.24) is 25.1 Å². The van der Waals surface area contributed by atoms with Gasteiger partial charge in [-0.1, -0.05) is 23.9 Å². The number of thiazole rings is 1. The summed E-state index contributed by atoms with van der Waals surface area (Å²) in [6.45, 7) is 1.84. The van der Waals surface area contributed by atoms with Crippen molar-refractivity contribution in [2.75, 3.05) is 11.1 Å². The van der Waals surface area contributed by atoms with Gasteiger partial charge in [0.1, 0.15) is 0 Å². The average molecular weight is 481 g/mol. The van der Waals surface area contributed by atoms with Gasteiger partial charge in [0.15, 0.2) is 16.1 Å². The lowest BCUT2D eigenvalue weighted by Crippen LogP contribution is -2.28. The standard InChI is InChI=1S/C17H17BrN6O2S2/c1-10(20-15(26)11-5-3-4-6-12(11)18)14-22-23-17(24(14)2)28-9-13(25)21-16-19-7-8-27-16/h3-8,10H,9H2,1-2H3,(H,20,26)(H,19,21,25)/t10-/m1/s1. The van der Waals surface area contributed by atoms with Gasteiger partial charge in [0.25, 0.3) is 5.91 Å². The minimum Gasteiger partial charge on any atom is -0.342 e. The van der Waals surface area contributed by atoms with Crippen LogP contribution >= 0.6 is 39.0 Å². The Kier molecular flexibility index (Phi) is 6.81. The summed E-state index contributed by atoms with van der Waals surface area (Å²) < 4.78 is 2.49. The highest BCUT2D eigenvalue weighted by molar-refractivity contribution is 9.10. The number of thioether (sulfide) groups is 1. The molecule has 0 unspecified atom stereocenters. The fourth-order valence-corrected chi connectivity index (χ4v) is 4.11. The first kappa shape index (κ1) is 20.5. The Morgan fingerprint density at radius 3 is 2.82 bits per heavy atom. The van der Waals surface area contributed by atoms with Crippen LogP contribution in [-0.2, 0) is 11.8 Å². The molecule has 0 saturated carbocycles. The zero-order valence-corrected chi connectivity index (χ0v) is 18.3. The summed E-state index contributed by atoms with van der Waals surface area (Å²) >= 11 is 6.00. The van der Waals surface area contributed by atoms with E-state index in [2.05, 4.69) is 41.7 Å². The van der Waals surface area contributed by atoms with E-state index < -0.39 is 0 Å². The minimum atomic E-state index is -0.351. The predicted octanol–water partition coefficient (Wildman–Crippen LogP) is 3.26. The number of anilines is 1. The SMILES string of the molecule is C[C@@H](NC(=O)c1ccccc1Br)c1nnc(SCC(=O)Nc2nccs2)n1C. The molecule has 3 rings (SSSR count). The molecule has 1 aromatic carbocycles. The number of carbonyl (C=O) groups excluding carboxylic acids is 2. The van der Waals surface area contributed by atoms with Gasteiger partial charge in [0, 0.05) is 23.1 Å². The van der Waals surface area contributed by atoms with Crippen molar-refractivity contribution in [3.8, 4) is 0 Å². The molecule has 146 valence electrons. The third-order valence-electron chi connectivity index (χ3n) is 3.73. The molecular weight excluding hydrogens is 464 g/mol. The van der Waals surface area contributed by atoms with Crippen LogP contribution in [0.15, 0.2) is 45.5 Å². The second-order valence-corrected chi connectivity index (χ2v) is 8.44. The molecule has 0 aliphatic heterocycles. The molecule has 0 aliphatic carbocycles. The maximum Gasteiger partial charge on any atom is 0.253 e. The van der Waals surface area contributed by atoms with Gasteiger partial charge >= 0.3 is 0 Å². The summed E-state index contributed by atoms with van der Waals surface area (Å²) in [4.78, 5) is 28.5. The fraction of sp³-hybridized carbons (Fsp3) is 0.235. The molecule has 11 heteroatoms. The predicted molar refractivity (Wildman–Crippen MR) is 112 cm³/mol. The Hall–Kier alpha value is -2.24. The number of halogens is 1. The first-order chi connectivity index (χ1) is 13.5. The molecule has 0 aliphatic rings. The molecule has 2 N–H and O–H groups in total. The van der Waals surface area contributed by atoms with E-state index in [1.54, 1.807) is 35.3 Å². The van der Waals surface area contributed by atoms with Gasteiger partial charge in [0.05, 0.1) is 17.4 Å². The van der Waals surface area contributed by atoms with Crippen molar-refractivity contribution in [3.05, 3.63) is 51.7 Å². The molecule has 8 nitrogen and oxygen atoms in total. The van der Waals surface area contributed by atoms with E-state index in [1.165, 1.54) is 23.1 Å². The van der Waals surface area contributed by atoms with E-state index in [0.29, 0.717) is 21.7 Å². The number of hydrogen-bond donors (Lipinski definition) is 2. The second kappa shape index (κ2) is 9.30. The molecule has 0 fully saturated rings. The molecule has 1 atom stereocenters. The van der Waals surface area contributed by atoms with E-state index >= 15 is 0 Å². The minimum absolute atomic E-state index is 0.167. The lowest BCUT2D eigenvalue weighted by Gasteiger charge is -2.14. The van der Waals surface area contributed by atoms with Gasteiger partial charge in [0.2, 0.25) is 5.91 Å². The van der Waals surface area contributed by atoms with Crippen LogP contribution in [0.5, 0.6) is 0 Å². The number of amides is 2. The van der Waals surface area contributed by atoms with Crippen LogP contribution in [-0.4, -0.2) is 37.3 Å². The number of rotatable bonds is 7. The number of nitrogens with zero attached hydrogens (tertiary/aromatic N) is 4. The van der Waals surface area contributed by atoms with Crippen LogP contribution in [0.3, 0.4) is 0 Å². The van der Waals surface area contributed by atoms with Crippen LogP contribution in [0.25, 0.3) is 0 Å². The first-order valence-electron chi connectivity index (χ1n) is 8.22. The second-order valence-electron chi connectivity index (χ2n) is 5.75. The smallest absolute Gasteiger partial charge is 0.253 e. The van der Waals surface area contributed by atoms with E-state index in [4.69, 9.17) is 0 Å². The van der Waals surface area contributed by atoms with E-state index in [0.717, 1.165) is 4.47 Å². The van der Waals surface area contributed by atoms with Gasteiger partial charge in [-0.05, 0) is 35.0 Å². The molecule has 2 heterocycles. The zero-order chi connectivity index (χ0) is 20.1. The van der Waals surface area contributed by atoms with Crippen molar-refractivity contribution in [3.63, 3.8) is 0 Å². The number of nitrogens with one attached hydrogen (secondary N) is 2. The number of benzene rings is 1. The Labute approximate surface area is 178 Å². The van der Waals surface area contributed by atoms with Crippen molar-refractivity contribution in [1.29, 1.82) is 0 Å². The Morgan fingerprint density at radius 1 is 1.32 bits per heavy atom. The highest BCUT2D eigenvalue weighted by atomic mass is 79.9. The summed E-state index contributed by atoms with van der Waals surface area (Å²) in [7, 11) is 1.80. The summed E-state index contributed by atoms with van der Waals surface area (Å²) in [5.74, 6) is 0.409. The third kappa shape index (κ3) is 4.97. The van der Waals surface area contributed by atoms with Crippen LogP contribution in [0, 0.1) is 0 Å². The van der Waals surface area contributed by atoms with Crippen LogP contribution in [0.1, 0.15) is 29.1 Å². The Morgan fingerprint density at radius 2 is 2.11 bits per heavy atom. The van der Waals surface area contributed by atoms with Crippen molar-refractivity contribution in [2.45, 2.75) is 18.1 Å². The summed E-state index contributed by atoms with van der Waals surface area (Å²) in [5.41, 5.74) is 0.546. The zero-order valence-electron chi connectivity index (χ0n) is 15.0. The van der Waals surface area contributed by atoms with Gasteiger partial charge in [-0.15, -0.1) is 21.5 Å². The lowest BCUT2D eigenvalue weighted by atomic mass is 10.2. The monoisotopic (exact) mass is 480 g/mol. The van der Waals surface area contributed by atoms with E-state index in [-0.39, 0.29) is 23.6 Å². The highest BCUT2D eigenvalue weighted by Crippen LogP contribution is 2.21. The highest BCUT2D eigenvalue weighted by Gasteiger charge is 2.20. The topological polar surface area (TPSA) is 102 Å². The Balaban J connectivity index is 1.59. The lowest BCUT2D eigenvalue weighted by molar-refractivity contribution is -0.113. The number of hydrogen-bond acceptors (Lipinski definition) is 7. The average Bonchev–Trinajstić information content (AvgIpc) is 3.30. The van der Waals surface area contributed by atoms with Gasteiger partial charge in [-0.25, -0.2) is 4.98 Å². The molecule has 28 heavy (non-hydrogen) atoms. The Bertz CT molecular complexity index is 976. The number of aromatic nitrogens is 4. The summed E-state index contributed by atoms with van der Waals surface area (Å²) in [6, 6.07) is 6.85. The van der Waals surface area contributed by atoms with Crippen LogP contribution < -0.4 is 10.6 Å². The van der Waals surface area contributed by atoms with Gasteiger partial charge in [-0.2, -0.15) is 0 Å². The fourth-order valence-electron chi connectivity index (χ4n) is 2.38. The maximum atomic E-state index is 12.5. The molecule has 0 bridgehead atoms. The van der Waals surface area contributed by atoms with Crippen molar-refractivity contribution < 1.29 is 9.59 Å². The largest absolute Gasteiger partial charge is 0.342 e. The normalized spacial score (nSPS) is 11.8. The first-order valence-corrected chi connectivity index (χ1v) is 10.9. The van der Waals surface area contributed by atoms with Gasteiger partial charge < -0.3 is 15.2 Å². The molecule has 2 amide bonds. The number of carbonyl (C=O) groups is 2. The van der Waals surface area contributed by atoms with E-state index in [1.807, 2.05) is 19.1 Å². The summed E-state index contributed by atoms with van der Waals surface area (Å²) in [5, 5.41) is 16.9. The van der Waals surface area contributed by atoms with Crippen LogP contribution in [0.2, 0.25) is 0 Å². The van der Waals surface area contributed by atoms with Gasteiger partial charge in [-0.3, -0.25) is 9.59 Å². The molecule has 0 saturated heterocycles. The molecule has 3 aromatic rings. The van der Waals surface area contributed by atoms with Crippen molar-refractivity contribution >= 4 is 56.0 Å².